The third-order valence-electron chi connectivity index (χ3n) is 5.71. The topological polar surface area (TPSA) is 71.9 Å². The third-order valence-corrected chi connectivity index (χ3v) is 5.71. The third kappa shape index (κ3) is 4.21. The van der Waals surface area contributed by atoms with Crippen molar-refractivity contribution in [1.29, 1.82) is 0 Å². The SMILES string of the molecule is COc1ccccc1CNCc1cc2c(-c3ccc(F)cc3)nn(-c3ccccc3)c2[nH]c1=O. The summed E-state index contributed by atoms with van der Waals surface area (Å²) in [6.07, 6.45) is 0. The van der Waals surface area contributed by atoms with Crippen LogP contribution >= 0.6 is 0 Å². The summed E-state index contributed by atoms with van der Waals surface area (Å²) in [4.78, 5) is 16.0. The van der Waals surface area contributed by atoms with Gasteiger partial charge in [0.25, 0.3) is 5.56 Å². The Morgan fingerprint density at radius 2 is 1.65 bits per heavy atom. The highest BCUT2D eigenvalue weighted by atomic mass is 19.1. The van der Waals surface area contributed by atoms with Crippen molar-refractivity contribution in [3.05, 3.63) is 112 Å². The Morgan fingerprint density at radius 3 is 2.41 bits per heavy atom. The highest BCUT2D eigenvalue weighted by molar-refractivity contribution is 5.92. The summed E-state index contributed by atoms with van der Waals surface area (Å²) in [5.41, 5.74) is 4.23. The first-order valence-corrected chi connectivity index (χ1v) is 10.9. The quantitative estimate of drug-likeness (QED) is 0.370. The van der Waals surface area contributed by atoms with Crippen LogP contribution in [0.2, 0.25) is 0 Å². The molecule has 34 heavy (non-hydrogen) atoms. The van der Waals surface area contributed by atoms with Gasteiger partial charge < -0.3 is 15.0 Å². The molecule has 0 amide bonds. The van der Waals surface area contributed by atoms with E-state index in [1.165, 1.54) is 12.1 Å². The van der Waals surface area contributed by atoms with Crippen molar-refractivity contribution < 1.29 is 9.13 Å². The van der Waals surface area contributed by atoms with E-state index < -0.39 is 0 Å². The van der Waals surface area contributed by atoms with Crippen molar-refractivity contribution in [2.75, 3.05) is 7.11 Å². The van der Waals surface area contributed by atoms with Gasteiger partial charge in [-0.25, -0.2) is 9.07 Å². The van der Waals surface area contributed by atoms with Crippen molar-refractivity contribution >= 4 is 11.0 Å². The van der Waals surface area contributed by atoms with E-state index >= 15 is 0 Å². The monoisotopic (exact) mass is 454 g/mol. The molecule has 3 aromatic carbocycles. The fraction of sp³-hybridized carbons (Fsp3) is 0.111. The van der Waals surface area contributed by atoms with Gasteiger partial charge in [-0.2, -0.15) is 5.10 Å². The van der Waals surface area contributed by atoms with E-state index in [-0.39, 0.29) is 11.4 Å². The van der Waals surface area contributed by atoms with Crippen molar-refractivity contribution in [3.8, 4) is 22.7 Å². The number of aromatic amines is 1. The molecule has 5 rings (SSSR count). The molecule has 170 valence electrons. The molecule has 0 aliphatic heterocycles. The smallest absolute Gasteiger partial charge is 0.254 e. The van der Waals surface area contributed by atoms with Crippen LogP contribution in [-0.2, 0) is 13.1 Å². The van der Waals surface area contributed by atoms with Gasteiger partial charge in [-0.15, -0.1) is 0 Å². The average molecular weight is 455 g/mol. The lowest BCUT2D eigenvalue weighted by molar-refractivity contribution is 0.407. The predicted octanol–water partition coefficient (Wildman–Crippen LogP) is 4.82. The number of methoxy groups -OCH3 is 1. The second-order valence-corrected chi connectivity index (χ2v) is 7.90. The molecule has 0 radical (unpaired) electrons. The lowest BCUT2D eigenvalue weighted by Crippen LogP contribution is -2.21. The molecule has 0 saturated carbocycles. The molecule has 0 aliphatic carbocycles. The maximum atomic E-state index is 13.5. The van der Waals surface area contributed by atoms with Gasteiger partial charge in [0.1, 0.15) is 22.9 Å². The zero-order valence-corrected chi connectivity index (χ0v) is 18.6. The summed E-state index contributed by atoms with van der Waals surface area (Å²) < 4.78 is 20.7. The Labute approximate surface area is 195 Å². The Kier molecular flexibility index (Phi) is 5.93. The number of nitrogens with one attached hydrogen (secondary N) is 2. The van der Waals surface area contributed by atoms with E-state index in [2.05, 4.69) is 10.3 Å². The van der Waals surface area contributed by atoms with E-state index in [1.807, 2.05) is 60.7 Å². The number of para-hydroxylation sites is 2. The normalized spacial score (nSPS) is 11.1. The second kappa shape index (κ2) is 9.33. The summed E-state index contributed by atoms with van der Waals surface area (Å²) in [5.74, 6) is 0.479. The molecule has 2 heterocycles. The van der Waals surface area contributed by atoms with E-state index in [1.54, 1.807) is 23.9 Å². The molecule has 0 aliphatic rings. The van der Waals surface area contributed by atoms with Gasteiger partial charge >= 0.3 is 0 Å². The maximum Gasteiger partial charge on any atom is 0.254 e. The summed E-state index contributed by atoms with van der Waals surface area (Å²) in [7, 11) is 1.64. The molecule has 0 atom stereocenters. The number of H-pyrrole nitrogens is 1. The number of ether oxygens (including phenoxy) is 1. The number of pyridine rings is 1. The number of nitrogens with zero attached hydrogens (tertiary/aromatic N) is 2. The molecule has 0 unspecified atom stereocenters. The summed E-state index contributed by atoms with van der Waals surface area (Å²) >= 11 is 0. The van der Waals surface area contributed by atoms with Gasteiger partial charge in [-0.05, 0) is 48.5 Å². The number of aromatic nitrogens is 3. The minimum Gasteiger partial charge on any atom is -0.496 e. The number of rotatable bonds is 7. The summed E-state index contributed by atoms with van der Waals surface area (Å²) in [6.45, 7) is 0.915. The second-order valence-electron chi connectivity index (χ2n) is 7.90. The zero-order valence-electron chi connectivity index (χ0n) is 18.6. The predicted molar refractivity (Wildman–Crippen MR) is 131 cm³/mol. The molecule has 0 bridgehead atoms. The van der Waals surface area contributed by atoms with Gasteiger partial charge in [-0.1, -0.05) is 36.4 Å². The largest absolute Gasteiger partial charge is 0.496 e. The van der Waals surface area contributed by atoms with Gasteiger partial charge in [0, 0.05) is 35.2 Å². The van der Waals surface area contributed by atoms with Crippen LogP contribution in [-0.4, -0.2) is 21.9 Å². The molecule has 7 heteroatoms. The summed E-state index contributed by atoms with van der Waals surface area (Å²) in [6, 6.07) is 25.4. The molecule has 2 aromatic heterocycles. The summed E-state index contributed by atoms with van der Waals surface area (Å²) in [5, 5.41) is 8.89. The van der Waals surface area contributed by atoms with Gasteiger partial charge in [0.15, 0.2) is 0 Å². The molecular weight excluding hydrogens is 431 g/mol. The van der Waals surface area contributed by atoms with E-state index in [9.17, 15) is 9.18 Å². The number of hydrogen-bond acceptors (Lipinski definition) is 4. The van der Waals surface area contributed by atoms with Crippen LogP contribution in [0, 0.1) is 5.82 Å². The standard InChI is InChI=1S/C27H23FN4O2/c1-34-24-10-6-5-7-19(24)16-29-17-20-15-23-25(18-11-13-21(28)14-12-18)31-32(26(23)30-27(20)33)22-8-3-2-4-9-22/h2-15,29H,16-17H2,1H3,(H,30,33). The molecular formula is C27H23FN4O2. The van der Waals surface area contributed by atoms with Crippen LogP contribution < -0.4 is 15.6 Å². The molecule has 2 N–H and O–H groups in total. The van der Waals surface area contributed by atoms with Gasteiger partial charge in [-0.3, -0.25) is 4.79 Å². The Morgan fingerprint density at radius 1 is 0.941 bits per heavy atom. The van der Waals surface area contributed by atoms with Crippen LogP contribution in [0.1, 0.15) is 11.1 Å². The van der Waals surface area contributed by atoms with Crippen LogP contribution in [0.4, 0.5) is 4.39 Å². The van der Waals surface area contributed by atoms with Crippen LogP contribution in [0.3, 0.4) is 0 Å². The first-order chi connectivity index (χ1) is 16.6. The lowest BCUT2D eigenvalue weighted by atomic mass is 10.1. The Hall–Kier alpha value is -4.23. The van der Waals surface area contributed by atoms with Crippen LogP contribution in [0.25, 0.3) is 28.0 Å². The molecule has 0 fully saturated rings. The number of benzene rings is 3. The minimum atomic E-state index is -0.315. The van der Waals surface area contributed by atoms with Crippen molar-refractivity contribution in [2.45, 2.75) is 13.1 Å². The first-order valence-electron chi connectivity index (χ1n) is 10.9. The number of halogens is 1. The zero-order chi connectivity index (χ0) is 23.5. The van der Waals surface area contributed by atoms with Gasteiger partial charge in [0.2, 0.25) is 0 Å². The van der Waals surface area contributed by atoms with E-state index in [0.717, 1.165) is 28.0 Å². The van der Waals surface area contributed by atoms with Crippen molar-refractivity contribution in [1.82, 2.24) is 20.1 Å². The van der Waals surface area contributed by atoms with Crippen molar-refractivity contribution in [3.63, 3.8) is 0 Å². The highest BCUT2D eigenvalue weighted by Gasteiger charge is 2.17. The number of hydrogen-bond donors (Lipinski definition) is 2. The molecule has 5 aromatic rings. The van der Waals surface area contributed by atoms with Gasteiger partial charge in [0.05, 0.1) is 12.8 Å². The molecule has 0 saturated heterocycles. The Balaban J connectivity index is 1.54. The molecule has 6 nitrogen and oxygen atoms in total. The first kappa shape index (κ1) is 21.6. The average Bonchev–Trinajstić information content (AvgIpc) is 3.23. The molecule has 0 spiro atoms. The lowest BCUT2D eigenvalue weighted by Gasteiger charge is -2.09. The van der Waals surface area contributed by atoms with Crippen LogP contribution in [0.15, 0.2) is 89.7 Å². The fourth-order valence-electron chi connectivity index (χ4n) is 4.00. The van der Waals surface area contributed by atoms with E-state index in [4.69, 9.17) is 9.84 Å². The number of fused-ring (bicyclic) bond motifs is 1. The maximum absolute atomic E-state index is 13.5. The van der Waals surface area contributed by atoms with Crippen molar-refractivity contribution in [2.24, 2.45) is 0 Å². The minimum absolute atomic E-state index is 0.192. The highest BCUT2D eigenvalue weighted by Crippen LogP contribution is 2.29. The van der Waals surface area contributed by atoms with E-state index in [0.29, 0.717) is 30.0 Å². The Bertz CT molecular complexity index is 1490. The van der Waals surface area contributed by atoms with Crippen LogP contribution in [0.5, 0.6) is 5.75 Å². The fourth-order valence-corrected chi connectivity index (χ4v) is 4.00.